The molecule has 1 rings (SSSR count). The second-order valence-electron chi connectivity index (χ2n) is 2.39. The van der Waals surface area contributed by atoms with Crippen molar-refractivity contribution >= 4 is 0 Å². The first-order valence-corrected chi connectivity index (χ1v) is 3.07. The lowest BCUT2D eigenvalue weighted by atomic mass is 10.1. The van der Waals surface area contributed by atoms with Crippen LogP contribution in [0, 0.1) is 19.7 Å². The number of rotatable bonds is 0. The minimum atomic E-state index is -0.358. The maximum absolute atomic E-state index is 12.6. The highest BCUT2D eigenvalue weighted by atomic mass is 19.1. The van der Waals surface area contributed by atoms with E-state index in [0.29, 0.717) is 11.1 Å². The summed E-state index contributed by atoms with van der Waals surface area (Å²) >= 11 is 0. The van der Waals surface area contributed by atoms with Crippen LogP contribution in [0.15, 0.2) is 12.1 Å². The summed E-state index contributed by atoms with van der Waals surface area (Å²) in [6.45, 7) is 3.41. The smallest absolute Gasteiger partial charge is 0.129 e. The molecule has 1 aromatic rings. The first-order valence-electron chi connectivity index (χ1n) is 3.07. The van der Waals surface area contributed by atoms with Crippen molar-refractivity contribution in [2.75, 3.05) is 0 Å². The summed E-state index contributed by atoms with van der Waals surface area (Å²) in [5.74, 6) is -0.341. The van der Waals surface area contributed by atoms with Crippen LogP contribution >= 0.6 is 0 Å². The first kappa shape index (κ1) is 7.06. The largest absolute Gasteiger partial charge is 0.508 e. The molecular weight excluding hydrogens is 131 g/mol. The molecular formula is C8H9FO. The zero-order valence-corrected chi connectivity index (χ0v) is 5.98. The Hall–Kier alpha value is -1.05. The molecule has 54 valence electrons. The van der Waals surface area contributed by atoms with E-state index in [1.54, 1.807) is 19.9 Å². The molecule has 0 radical (unpaired) electrons. The van der Waals surface area contributed by atoms with E-state index in [1.807, 2.05) is 0 Å². The van der Waals surface area contributed by atoms with Crippen LogP contribution in [-0.4, -0.2) is 5.11 Å². The highest BCUT2D eigenvalue weighted by molar-refractivity contribution is 5.35. The Morgan fingerprint density at radius 2 is 1.80 bits per heavy atom. The average molecular weight is 140 g/mol. The predicted octanol–water partition coefficient (Wildman–Crippen LogP) is 2.15. The van der Waals surface area contributed by atoms with Crippen LogP contribution in [0.25, 0.3) is 0 Å². The molecule has 1 N–H and O–H groups in total. The van der Waals surface area contributed by atoms with Crippen molar-refractivity contribution in [1.29, 1.82) is 0 Å². The molecule has 2 heteroatoms. The van der Waals surface area contributed by atoms with Gasteiger partial charge in [0, 0.05) is 6.07 Å². The number of aromatic hydroxyl groups is 1. The number of benzene rings is 1. The lowest BCUT2D eigenvalue weighted by Crippen LogP contribution is -1.83. The van der Waals surface area contributed by atoms with Gasteiger partial charge < -0.3 is 5.11 Å². The van der Waals surface area contributed by atoms with Gasteiger partial charge >= 0.3 is 0 Å². The third-order valence-corrected chi connectivity index (χ3v) is 1.48. The Morgan fingerprint density at radius 3 is 2.30 bits per heavy atom. The van der Waals surface area contributed by atoms with Gasteiger partial charge in [-0.15, -0.1) is 0 Å². The molecule has 0 fully saturated rings. The summed E-state index contributed by atoms with van der Waals surface area (Å²) in [6, 6.07) is 2.75. The second-order valence-corrected chi connectivity index (χ2v) is 2.39. The molecule has 0 aliphatic carbocycles. The molecule has 0 saturated heterocycles. The van der Waals surface area contributed by atoms with Crippen LogP contribution < -0.4 is 0 Å². The lowest BCUT2D eigenvalue weighted by molar-refractivity contribution is 0.464. The van der Waals surface area contributed by atoms with Crippen LogP contribution in [0.3, 0.4) is 0 Å². The zero-order chi connectivity index (χ0) is 7.72. The normalized spacial score (nSPS) is 9.90. The van der Waals surface area contributed by atoms with Gasteiger partial charge in [-0.2, -0.15) is 0 Å². The zero-order valence-electron chi connectivity index (χ0n) is 5.98. The fourth-order valence-electron chi connectivity index (χ4n) is 0.815. The van der Waals surface area contributed by atoms with Gasteiger partial charge in [-0.25, -0.2) is 4.39 Å². The summed E-state index contributed by atoms with van der Waals surface area (Å²) in [7, 11) is 0. The van der Waals surface area contributed by atoms with Gasteiger partial charge in [0.2, 0.25) is 0 Å². The monoisotopic (exact) mass is 140 g/mol. The van der Waals surface area contributed by atoms with Gasteiger partial charge in [0.25, 0.3) is 0 Å². The Labute approximate surface area is 59.1 Å². The van der Waals surface area contributed by atoms with Crippen molar-refractivity contribution in [3.05, 3.63) is 29.1 Å². The van der Waals surface area contributed by atoms with Gasteiger partial charge in [-0.1, -0.05) is 0 Å². The summed E-state index contributed by atoms with van der Waals surface area (Å²) in [5, 5.41) is 8.98. The molecule has 0 saturated carbocycles. The van der Waals surface area contributed by atoms with Crippen LogP contribution in [0.5, 0.6) is 5.75 Å². The van der Waals surface area contributed by atoms with Crippen molar-refractivity contribution in [3.63, 3.8) is 0 Å². The molecule has 0 heterocycles. The Bertz CT molecular complexity index is 205. The average Bonchev–Trinajstić information content (AvgIpc) is 1.84. The standard InChI is InChI=1S/C8H9FO/c1-5-3-6(2)8(10)4-7(5)9/h3-4,10H,1-2H3. The Kier molecular flexibility index (Phi) is 1.62. The van der Waals surface area contributed by atoms with E-state index in [0.717, 1.165) is 6.07 Å². The topological polar surface area (TPSA) is 20.2 Å². The van der Waals surface area contributed by atoms with E-state index in [-0.39, 0.29) is 11.6 Å². The van der Waals surface area contributed by atoms with Crippen molar-refractivity contribution in [2.24, 2.45) is 0 Å². The first-order chi connectivity index (χ1) is 4.61. The van der Waals surface area contributed by atoms with Crippen LogP contribution in [0.1, 0.15) is 11.1 Å². The number of phenols is 1. The molecule has 0 atom stereocenters. The summed E-state index contributed by atoms with van der Waals surface area (Å²) in [5.41, 5.74) is 1.27. The minimum Gasteiger partial charge on any atom is -0.508 e. The number of phenolic OH excluding ortho intramolecular Hbond substituents is 1. The summed E-state index contributed by atoms with van der Waals surface area (Å²) in [6.07, 6.45) is 0. The quantitative estimate of drug-likeness (QED) is 0.585. The van der Waals surface area contributed by atoms with Crippen molar-refractivity contribution in [3.8, 4) is 5.75 Å². The van der Waals surface area contributed by atoms with Crippen LogP contribution in [0.2, 0.25) is 0 Å². The van der Waals surface area contributed by atoms with Gasteiger partial charge in [-0.05, 0) is 31.0 Å². The van der Waals surface area contributed by atoms with Crippen molar-refractivity contribution in [2.45, 2.75) is 13.8 Å². The summed E-state index contributed by atoms with van der Waals surface area (Å²) < 4.78 is 12.6. The Balaban J connectivity index is 3.28. The van der Waals surface area contributed by atoms with E-state index in [4.69, 9.17) is 5.11 Å². The SMILES string of the molecule is Cc1cc(C)c(F)cc1O. The summed E-state index contributed by atoms with van der Waals surface area (Å²) in [4.78, 5) is 0. The number of halogens is 1. The van der Waals surface area contributed by atoms with Gasteiger partial charge in [-0.3, -0.25) is 0 Å². The molecule has 10 heavy (non-hydrogen) atoms. The Morgan fingerprint density at radius 1 is 1.20 bits per heavy atom. The predicted molar refractivity (Wildman–Crippen MR) is 37.5 cm³/mol. The van der Waals surface area contributed by atoms with Gasteiger partial charge in [0.05, 0.1) is 0 Å². The van der Waals surface area contributed by atoms with Crippen molar-refractivity contribution < 1.29 is 9.50 Å². The van der Waals surface area contributed by atoms with Crippen LogP contribution in [-0.2, 0) is 0 Å². The molecule has 0 spiro atoms. The molecule has 0 aliphatic heterocycles. The number of aryl methyl sites for hydroxylation is 2. The fraction of sp³-hybridized carbons (Fsp3) is 0.250. The highest BCUT2D eigenvalue weighted by Crippen LogP contribution is 2.19. The van der Waals surface area contributed by atoms with Crippen molar-refractivity contribution in [1.82, 2.24) is 0 Å². The maximum atomic E-state index is 12.6. The van der Waals surface area contributed by atoms with E-state index < -0.39 is 0 Å². The number of hydrogen-bond donors (Lipinski definition) is 1. The number of hydrogen-bond acceptors (Lipinski definition) is 1. The van der Waals surface area contributed by atoms with Gasteiger partial charge in [0.15, 0.2) is 0 Å². The van der Waals surface area contributed by atoms with Gasteiger partial charge in [0.1, 0.15) is 11.6 Å². The highest BCUT2D eigenvalue weighted by Gasteiger charge is 2.00. The molecule has 1 aromatic carbocycles. The van der Waals surface area contributed by atoms with E-state index >= 15 is 0 Å². The lowest BCUT2D eigenvalue weighted by Gasteiger charge is -2.00. The fourth-order valence-corrected chi connectivity index (χ4v) is 0.815. The second kappa shape index (κ2) is 2.29. The third-order valence-electron chi connectivity index (χ3n) is 1.48. The molecule has 0 aliphatic rings. The molecule has 0 aromatic heterocycles. The third kappa shape index (κ3) is 1.10. The van der Waals surface area contributed by atoms with E-state index in [9.17, 15) is 4.39 Å². The van der Waals surface area contributed by atoms with E-state index in [2.05, 4.69) is 0 Å². The molecule has 0 bridgehead atoms. The maximum Gasteiger partial charge on any atom is 0.129 e. The van der Waals surface area contributed by atoms with Crippen LogP contribution in [0.4, 0.5) is 4.39 Å². The minimum absolute atomic E-state index is 0.0168. The molecule has 1 nitrogen and oxygen atoms in total. The molecule has 0 unspecified atom stereocenters. The molecule has 0 amide bonds. The van der Waals surface area contributed by atoms with E-state index in [1.165, 1.54) is 0 Å².